The third-order valence-electron chi connectivity index (χ3n) is 4.66. The van der Waals surface area contributed by atoms with E-state index in [4.69, 9.17) is 4.74 Å². The molecule has 0 amide bonds. The highest BCUT2D eigenvalue weighted by Crippen LogP contribution is 2.53. The van der Waals surface area contributed by atoms with Crippen LogP contribution in [0.1, 0.15) is 18.1 Å². The predicted molar refractivity (Wildman–Crippen MR) is 98.4 cm³/mol. The fraction of sp³-hybridized carbons (Fsp3) is 0.143. The molecule has 3 heteroatoms. The van der Waals surface area contributed by atoms with Crippen LogP contribution in [0, 0.1) is 0 Å². The number of para-hydroxylation sites is 3. The van der Waals surface area contributed by atoms with Crippen molar-refractivity contribution in [3.8, 4) is 5.75 Å². The van der Waals surface area contributed by atoms with Crippen LogP contribution in [0.3, 0.4) is 0 Å². The van der Waals surface area contributed by atoms with Crippen LogP contribution in [0.15, 0.2) is 82.6 Å². The van der Waals surface area contributed by atoms with Crippen molar-refractivity contribution < 1.29 is 4.74 Å². The number of anilines is 2. The van der Waals surface area contributed by atoms with E-state index in [1.54, 1.807) is 0 Å². The van der Waals surface area contributed by atoms with Crippen LogP contribution < -0.4 is 9.64 Å². The molecule has 0 bridgehead atoms. The highest BCUT2D eigenvalue weighted by atomic mass is 32.2. The van der Waals surface area contributed by atoms with Gasteiger partial charge in [0.1, 0.15) is 11.9 Å². The molecule has 1 unspecified atom stereocenters. The Bertz CT molecular complexity index is 893. The molecule has 2 aliphatic rings. The molecule has 3 aromatic carbocycles. The van der Waals surface area contributed by atoms with E-state index in [9.17, 15) is 0 Å². The first-order valence-electron chi connectivity index (χ1n) is 8.29. The zero-order valence-corrected chi connectivity index (χ0v) is 14.0. The first kappa shape index (κ1) is 14.0. The lowest BCUT2D eigenvalue weighted by atomic mass is 9.97. The average Bonchev–Trinajstić information content (AvgIpc) is 2.64. The minimum Gasteiger partial charge on any atom is -0.486 e. The number of ether oxygens (including phenoxy) is 1. The quantitative estimate of drug-likeness (QED) is 0.587. The second-order valence-corrected chi connectivity index (χ2v) is 7.21. The van der Waals surface area contributed by atoms with Crippen molar-refractivity contribution >= 4 is 23.1 Å². The van der Waals surface area contributed by atoms with E-state index in [1.165, 1.54) is 26.7 Å². The molecule has 2 aliphatic heterocycles. The van der Waals surface area contributed by atoms with Gasteiger partial charge in [0.05, 0.1) is 11.4 Å². The number of rotatable bonds is 2. The summed E-state index contributed by atoms with van der Waals surface area (Å²) in [6.07, 6.45) is 1.11. The Morgan fingerprint density at radius 2 is 1.62 bits per heavy atom. The lowest BCUT2D eigenvalue weighted by Crippen LogP contribution is -2.31. The van der Waals surface area contributed by atoms with Gasteiger partial charge in [-0.25, -0.2) is 0 Å². The average molecular weight is 331 g/mol. The van der Waals surface area contributed by atoms with Crippen LogP contribution in [-0.2, 0) is 0 Å². The Balaban J connectivity index is 1.58. The van der Waals surface area contributed by atoms with E-state index in [-0.39, 0.29) is 6.10 Å². The van der Waals surface area contributed by atoms with Gasteiger partial charge in [-0.05, 0) is 30.3 Å². The van der Waals surface area contributed by atoms with Crippen molar-refractivity contribution in [1.82, 2.24) is 0 Å². The largest absolute Gasteiger partial charge is 0.486 e. The smallest absolute Gasteiger partial charge is 0.127 e. The van der Waals surface area contributed by atoms with Gasteiger partial charge in [0, 0.05) is 28.3 Å². The van der Waals surface area contributed by atoms with E-state index in [0.717, 1.165) is 18.7 Å². The van der Waals surface area contributed by atoms with Gasteiger partial charge >= 0.3 is 0 Å². The molecule has 2 heterocycles. The second kappa shape index (κ2) is 5.60. The van der Waals surface area contributed by atoms with Crippen molar-refractivity contribution in [1.29, 1.82) is 0 Å². The molecule has 0 aliphatic carbocycles. The van der Waals surface area contributed by atoms with Crippen molar-refractivity contribution in [2.75, 3.05) is 11.4 Å². The molecular weight excluding hydrogens is 314 g/mol. The summed E-state index contributed by atoms with van der Waals surface area (Å²) in [5.41, 5.74) is 3.94. The number of nitrogens with zero attached hydrogens (tertiary/aromatic N) is 1. The summed E-state index contributed by atoms with van der Waals surface area (Å²) in [5.74, 6) is 0.942. The van der Waals surface area contributed by atoms with Crippen LogP contribution in [0.5, 0.6) is 5.75 Å². The van der Waals surface area contributed by atoms with Crippen LogP contribution in [0.2, 0.25) is 0 Å². The molecule has 0 fully saturated rings. The van der Waals surface area contributed by atoms with Crippen LogP contribution >= 0.6 is 11.8 Å². The molecule has 118 valence electrons. The van der Waals surface area contributed by atoms with Gasteiger partial charge in [0.25, 0.3) is 0 Å². The van der Waals surface area contributed by atoms with Crippen molar-refractivity contribution in [2.45, 2.75) is 22.3 Å². The monoisotopic (exact) mass is 331 g/mol. The Morgan fingerprint density at radius 3 is 2.54 bits per heavy atom. The van der Waals surface area contributed by atoms with Crippen molar-refractivity contribution in [3.63, 3.8) is 0 Å². The van der Waals surface area contributed by atoms with Crippen LogP contribution in [0.25, 0.3) is 0 Å². The normalized spacial score (nSPS) is 17.8. The van der Waals surface area contributed by atoms with E-state index < -0.39 is 0 Å². The maximum atomic E-state index is 6.31. The summed E-state index contributed by atoms with van der Waals surface area (Å²) in [5, 5.41) is 0. The zero-order chi connectivity index (χ0) is 15.9. The fourth-order valence-corrected chi connectivity index (χ4v) is 4.73. The molecule has 0 saturated heterocycles. The Kier molecular flexibility index (Phi) is 3.27. The molecule has 24 heavy (non-hydrogen) atoms. The summed E-state index contributed by atoms with van der Waals surface area (Å²) in [7, 11) is 0. The summed E-state index contributed by atoms with van der Waals surface area (Å²) >= 11 is 1.86. The van der Waals surface area contributed by atoms with E-state index in [2.05, 4.69) is 47.4 Å². The van der Waals surface area contributed by atoms with Gasteiger partial charge in [-0.3, -0.25) is 0 Å². The maximum absolute atomic E-state index is 6.31. The highest BCUT2D eigenvalue weighted by molar-refractivity contribution is 7.99. The summed E-state index contributed by atoms with van der Waals surface area (Å²) in [6, 6.07) is 25.4. The number of fused-ring (bicyclic) bond motifs is 2. The fourth-order valence-electron chi connectivity index (χ4n) is 3.60. The minimum atomic E-state index is 0.115. The van der Waals surface area contributed by atoms with Crippen LogP contribution in [-0.4, -0.2) is 6.54 Å². The summed E-state index contributed by atoms with van der Waals surface area (Å²) in [6.45, 7) is 0.985. The molecule has 0 saturated carbocycles. The van der Waals surface area contributed by atoms with Gasteiger partial charge in [-0.1, -0.05) is 54.2 Å². The number of hydrogen-bond donors (Lipinski definition) is 0. The standard InChI is InChI=1S/C21H17NOS/c1-2-7-15(8-3-1)23-18-13-14-22-17-10-4-5-11-19(17)24-20-12-6-9-16(18)21(20)22/h1-12,18H,13-14H2. The Labute approximate surface area is 146 Å². The Morgan fingerprint density at radius 1 is 0.833 bits per heavy atom. The van der Waals surface area contributed by atoms with Gasteiger partial charge in [-0.15, -0.1) is 0 Å². The van der Waals surface area contributed by atoms with E-state index in [1.807, 2.05) is 42.1 Å². The highest BCUT2D eigenvalue weighted by Gasteiger charge is 2.33. The number of benzene rings is 3. The summed E-state index contributed by atoms with van der Waals surface area (Å²) < 4.78 is 6.31. The molecule has 0 aromatic heterocycles. The van der Waals surface area contributed by atoms with Gasteiger partial charge in [-0.2, -0.15) is 0 Å². The molecule has 0 radical (unpaired) electrons. The maximum Gasteiger partial charge on any atom is 0.127 e. The van der Waals surface area contributed by atoms with Gasteiger partial charge in [0.15, 0.2) is 0 Å². The lowest BCUT2D eigenvalue weighted by Gasteiger charge is -2.40. The third kappa shape index (κ3) is 2.20. The molecule has 3 aromatic rings. The predicted octanol–water partition coefficient (Wildman–Crippen LogP) is 5.81. The second-order valence-electron chi connectivity index (χ2n) is 6.12. The molecule has 0 spiro atoms. The van der Waals surface area contributed by atoms with Crippen LogP contribution in [0.4, 0.5) is 11.4 Å². The molecule has 0 N–H and O–H groups in total. The van der Waals surface area contributed by atoms with Gasteiger partial charge in [0.2, 0.25) is 0 Å². The molecule has 1 atom stereocenters. The Hall–Kier alpha value is -2.39. The first-order valence-corrected chi connectivity index (χ1v) is 9.11. The zero-order valence-electron chi connectivity index (χ0n) is 13.2. The van der Waals surface area contributed by atoms with Crippen molar-refractivity contribution in [3.05, 3.63) is 78.4 Å². The minimum absolute atomic E-state index is 0.115. The topological polar surface area (TPSA) is 12.5 Å². The van der Waals surface area contributed by atoms with Gasteiger partial charge < -0.3 is 9.64 Å². The SMILES string of the molecule is c1ccc(OC2CCN3c4ccccc4Sc4cccc2c43)cc1. The first-order chi connectivity index (χ1) is 11.9. The van der Waals surface area contributed by atoms with Crippen molar-refractivity contribution in [2.24, 2.45) is 0 Å². The third-order valence-corrected chi connectivity index (χ3v) is 5.77. The molecule has 2 nitrogen and oxygen atoms in total. The lowest BCUT2D eigenvalue weighted by molar-refractivity contribution is 0.192. The molecule has 5 rings (SSSR count). The van der Waals surface area contributed by atoms with E-state index in [0.29, 0.717) is 0 Å². The molecular formula is C21H17NOS. The number of hydrogen-bond acceptors (Lipinski definition) is 3. The summed E-state index contributed by atoms with van der Waals surface area (Å²) in [4.78, 5) is 5.12. The van der Waals surface area contributed by atoms with E-state index >= 15 is 0 Å².